The molecule has 0 atom stereocenters. The molecule has 2 N–H and O–H groups in total. The van der Waals surface area contributed by atoms with Crippen molar-refractivity contribution in [3.63, 3.8) is 0 Å². The predicted octanol–water partition coefficient (Wildman–Crippen LogP) is 3.60. The number of benzene rings is 1. The fourth-order valence-corrected chi connectivity index (χ4v) is 3.55. The van der Waals surface area contributed by atoms with Crippen LogP contribution in [0, 0.1) is 0 Å². The second-order valence-corrected chi connectivity index (χ2v) is 5.97. The van der Waals surface area contributed by atoms with Gasteiger partial charge in [0, 0.05) is 16.5 Å². The molecule has 1 aromatic heterocycles. The summed E-state index contributed by atoms with van der Waals surface area (Å²) in [5.74, 6) is 0.463. The standard InChI is InChI=1S/C12H10BrCl2N3O/c13-6-3-8(14)11(9(15)4-6)18-10-1-2-19-5-7(10)12(16)17-18/h3-4H,1-2,5H2,(H2,16,17). The first-order valence-electron chi connectivity index (χ1n) is 5.67. The van der Waals surface area contributed by atoms with Crippen LogP contribution in [-0.2, 0) is 17.8 Å². The molecule has 0 radical (unpaired) electrons. The topological polar surface area (TPSA) is 53.1 Å². The Hall–Kier alpha value is -0.750. The van der Waals surface area contributed by atoms with Gasteiger partial charge in [-0.1, -0.05) is 39.1 Å². The van der Waals surface area contributed by atoms with Crippen LogP contribution in [0.25, 0.3) is 5.69 Å². The molecule has 1 aliphatic rings. The molecular formula is C12H10BrCl2N3O. The number of nitrogens with zero attached hydrogens (tertiary/aromatic N) is 2. The fourth-order valence-electron chi connectivity index (χ4n) is 2.18. The van der Waals surface area contributed by atoms with E-state index in [1.54, 1.807) is 16.8 Å². The van der Waals surface area contributed by atoms with E-state index in [1.807, 2.05) is 0 Å². The summed E-state index contributed by atoms with van der Waals surface area (Å²) in [6, 6.07) is 3.57. The summed E-state index contributed by atoms with van der Waals surface area (Å²) >= 11 is 15.9. The lowest BCUT2D eigenvalue weighted by molar-refractivity contribution is 0.110. The molecule has 0 saturated carbocycles. The summed E-state index contributed by atoms with van der Waals surface area (Å²) in [6.45, 7) is 1.12. The number of nitrogens with two attached hydrogens (primary N) is 1. The van der Waals surface area contributed by atoms with Crippen molar-refractivity contribution in [2.24, 2.45) is 0 Å². The molecular weight excluding hydrogens is 353 g/mol. The van der Waals surface area contributed by atoms with Crippen LogP contribution < -0.4 is 5.73 Å². The van der Waals surface area contributed by atoms with E-state index in [2.05, 4.69) is 21.0 Å². The third-order valence-electron chi connectivity index (χ3n) is 3.04. The van der Waals surface area contributed by atoms with Gasteiger partial charge in [0.15, 0.2) is 5.82 Å². The van der Waals surface area contributed by atoms with E-state index in [9.17, 15) is 0 Å². The Balaban J connectivity index is 2.23. The molecule has 3 rings (SSSR count). The van der Waals surface area contributed by atoms with Crippen molar-refractivity contribution >= 4 is 44.9 Å². The minimum atomic E-state index is 0.463. The molecule has 0 spiro atoms. The third-order valence-corrected chi connectivity index (χ3v) is 4.08. The zero-order chi connectivity index (χ0) is 13.6. The average Bonchev–Trinajstić information content (AvgIpc) is 2.67. The van der Waals surface area contributed by atoms with Crippen LogP contribution in [0.1, 0.15) is 11.3 Å². The van der Waals surface area contributed by atoms with Crippen molar-refractivity contribution in [3.8, 4) is 5.69 Å². The van der Waals surface area contributed by atoms with Crippen LogP contribution in [0.5, 0.6) is 0 Å². The number of aromatic nitrogens is 2. The molecule has 0 aliphatic carbocycles. The quantitative estimate of drug-likeness (QED) is 0.843. The maximum atomic E-state index is 6.27. The summed E-state index contributed by atoms with van der Waals surface area (Å²) in [4.78, 5) is 0. The van der Waals surface area contributed by atoms with Crippen LogP contribution in [-0.4, -0.2) is 16.4 Å². The lowest BCUT2D eigenvalue weighted by Gasteiger charge is -2.16. The number of halogens is 3. The number of hydrogen-bond donors (Lipinski definition) is 1. The number of ether oxygens (including phenoxy) is 1. The molecule has 7 heteroatoms. The third kappa shape index (κ3) is 2.25. The molecule has 0 amide bonds. The molecule has 4 nitrogen and oxygen atoms in total. The number of nitrogen functional groups attached to an aromatic ring is 1. The van der Waals surface area contributed by atoms with Crippen molar-refractivity contribution < 1.29 is 4.74 Å². The van der Waals surface area contributed by atoms with Crippen molar-refractivity contribution in [2.45, 2.75) is 13.0 Å². The van der Waals surface area contributed by atoms with Gasteiger partial charge in [0.2, 0.25) is 0 Å². The summed E-state index contributed by atoms with van der Waals surface area (Å²) in [5, 5.41) is 5.39. The maximum Gasteiger partial charge on any atom is 0.151 e. The van der Waals surface area contributed by atoms with E-state index in [0.717, 1.165) is 22.2 Å². The van der Waals surface area contributed by atoms with Crippen LogP contribution >= 0.6 is 39.1 Å². The van der Waals surface area contributed by atoms with Crippen LogP contribution in [0.4, 0.5) is 5.82 Å². The fraction of sp³-hybridized carbons (Fsp3) is 0.250. The summed E-state index contributed by atoms with van der Waals surface area (Å²) in [5.41, 5.74) is 8.50. The van der Waals surface area contributed by atoms with Crippen LogP contribution in [0.2, 0.25) is 10.0 Å². The van der Waals surface area contributed by atoms with Gasteiger partial charge in [-0.2, -0.15) is 0 Å². The molecule has 2 aromatic rings. The number of fused-ring (bicyclic) bond motifs is 1. The van der Waals surface area contributed by atoms with E-state index in [0.29, 0.717) is 34.8 Å². The van der Waals surface area contributed by atoms with Crippen molar-refractivity contribution in [2.75, 3.05) is 12.3 Å². The van der Waals surface area contributed by atoms with Crippen molar-refractivity contribution in [1.29, 1.82) is 0 Å². The van der Waals surface area contributed by atoms with Gasteiger partial charge in [0.05, 0.1) is 29.0 Å². The minimum absolute atomic E-state index is 0.463. The molecule has 2 heterocycles. The first kappa shape index (κ1) is 13.2. The normalized spacial score (nSPS) is 14.5. The molecule has 0 saturated heterocycles. The number of rotatable bonds is 1. The zero-order valence-corrected chi connectivity index (χ0v) is 12.9. The van der Waals surface area contributed by atoms with Gasteiger partial charge in [0.1, 0.15) is 5.69 Å². The van der Waals surface area contributed by atoms with Gasteiger partial charge in [-0.25, -0.2) is 4.68 Å². The first-order chi connectivity index (χ1) is 9.08. The summed E-state index contributed by atoms with van der Waals surface area (Å²) in [6.07, 6.45) is 0.738. The number of anilines is 1. The Morgan fingerprint density at radius 3 is 2.68 bits per heavy atom. The molecule has 1 aromatic carbocycles. The van der Waals surface area contributed by atoms with E-state index >= 15 is 0 Å². The lowest BCUT2D eigenvalue weighted by Crippen LogP contribution is -2.13. The molecule has 0 bridgehead atoms. The smallest absolute Gasteiger partial charge is 0.151 e. The molecule has 0 fully saturated rings. The Morgan fingerprint density at radius 2 is 2.00 bits per heavy atom. The predicted molar refractivity (Wildman–Crippen MR) is 79.1 cm³/mol. The lowest BCUT2D eigenvalue weighted by atomic mass is 10.1. The van der Waals surface area contributed by atoms with Gasteiger partial charge in [0.25, 0.3) is 0 Å². The van der Waals surface area contributed by atoms with Gasteiger partial charge >= 0.3 is 0 Å². The maximum absolute atomic E-state index is 6.27. The Morgan fingerprint density at radius 1 is 1.32 bits per heavy atom. The minimum Gasteiger partial charge on any atom is -0.382 e. The van der Waals surface area contributed by atoms with Crippen molar-refractivity contribution in [3.05, 3.63) is 37.9 Å². The summed E-state index contributed by atoms with van der Waals surface area (Å²) in [7, 11) is 0. The Bertz CT molecular complexity index is 634. The zero-order valence-electron chi connectivity index (χ0n) is 9.79. The van der Waals surface area contributed by atoms with Crippen LogP contribution in [0.15, 0.2) is 16.6 Å². The highest BCUT2D eigenvalue weighted by molar-refractivity contribution is 9.10. The number of hydrogen-bond acceptors (Lipinski definition) is 3. The van der Waals surface area contributed by atoms with Crippen molar-refractivity contribution in [1.82, 2.24) is 9.78 Å². The monoisotopic (exact) mass is 361 g/mol. The first-order valence-corrected chi connectivity index (χ1v) is 7.21. The average molecular weight is 363 g/mol. The van der Waals surface area contributed by atoms with E-state index in [-0.39, 0.29) is 0 Å². The SMILES string of the molecule is Nc1nn(-c2c(Cl)cc(Br)cc2Cl)c2c1COCC2. The van der Waals surface area contributed by atoms with Crippen LogP contribution in [0.3, 0.4) is 0 Å². The van der Waals surface area contributed by atoms with Gasteiger partial charge in [-0.15, -0.1) is 5.10 Å². The molecule has 100 valence electrons. The largest absolute Gasteiger partial charge is 0.382 e. The summed E-state index contributed by atoms with van der Waals surface area (Å²) < 4.78 is 7.95. The second kappa shape index (κ2) is 4.98. The highest BCUT2D eigenvalue weighted by atomic mass is 79.9. The highest BCUT2D eigenvalue weighted by Gasteiger charge is 2.23. The van der Waals surface area contributed by atoms with E-state index in [4.69, 9.17) is 33.7 Å². The van der Waals surface area contributed by atoms with Gasteiger partial charge < -0.3 is 10.5 Å². The Labute approximate surface area is 128 Å². The molecule has 0 unspecified atom stereocenters. The van der Waals surface area contributed by atoms with E-state index in [1.165, 1.54) is 0 Å². The molecule has 19 heavy (non-hydrogen) atoms. The molecule has 1 aliphatic heterocycles. The second-order valence-electron chi connectivity index (χ2n) is 4.24. The van der Waals surface area contributed by atoms with Gasteiger partial charge in [-0.05, 0) is 12.1 Å². The van der Waals surface area contributed by atoms with E-state index < -0.39 is 0 Å². The van der Waals surface area contributed by atoms with Gasteiger partial charge in [-0.3, -0.25) is 0 Å². The highest BCUT2D eigenvalue weighted by Crippen LogP contribution is 2.35. The Kier molecular flexibility index (Phi) is 3.47.